The number of aromatic nitrogens is 5. The quantitative estimate of drug-likeness (QED) is 0.676. The summed E-state index contributed by atoms with van der Waals surface area (Å²) in [5.41, 5.74) is 2.99. The third-order valence-electron chi connectivity index (χ3n) is 3.53. The van der Waals surface area contributed by atoms with Crippen molar-refractivity contribution in [3.63, 3.8) is 0 Å². The van der Waals surface area contributed by atoms with Crippen molar-refractivity contribution in [1.82, 2.24) is 25.2 Å². The zero-order valence-electron chi connectivity index (χ0n) is 13.7. The number of methoxy groups -OCH3 is 1. The molecular formula is C16H16N6O3. The highest BCUT2D eigenvalue weighted by atomic mass is 16.5. The summed E-state index contributed by atoms with van der Waals surface area (Å²) < 4.78 is 6.22. The maximum Gasteiger partial charge on any atom is 0.356 e. The normalized spacial score (nSPS) is 10.5. The van der Waals surface area contributed by atoms with Crippen molar-refractivity contribution in [3.05, 3.63) is 53.6 Å². The van der Waals surface area contributed by atoms with E-state index in [1.807, 2.05) is 24.3 Å². The first-order valence-electron chi connectivity index (χ1n) is 7.47. The van der Waals surface area contributed by atoms with Gasteiger partial charge in [0, 0.05) is 5.69 Å². The van der Waals surface area contributed by atoms with Crippen LogP contribution in [-0.4, -0.2) is 44.2 Å². The van der Waals surface area contributed by atoms with Crippen LogP contribution in [0, 0.1) is 6.92 Å². The summed E-state index contributed by atoms with van der Waals surface area (Å²) in [4.78, 5) is 26.8. The van der Waals surface area contributed by atoms with E-state index in [1.165, 1.54) is 18.1 Å². The van der Waals surface area contributed by atoms with Gasteiger partial charge < -0.3 is 15.0 Å². The Hall–Kier alpha value is -3.49. The van der Waals surface area contributed by atoms with Crippen LogP contribution in [0.25, 0.3) is 5.69 Å². The lowest BCUT2D eigenvalue weighted by Crippen LogP contribution is -2.16. The molecule has 0 unspecified atom stereocenters. The molecule has 0 spiro atoms. The first kappa shape index (κ1) is 16.4. The Bertz CT molecular complexity index is 883. The molecule has 128 valence electrons. The SMILES string of the molecule is COC(=O)c1[nH]c(C)cc1NC(=O)Cc1ccc(-n2cnnn2)cc1. The summed E-state index contributed by atoms with van der Waals surface area (Å²) in [6.45, 7) is 1.79. The first-order chi connectivity index (χ1) is 12.1. The second kappa shape index (κ2) is 6.95. The van der Waals surface area contributed by atoms with E-state index in [0.29, 0.717) is 5.69 Å². The van der Waals surface area contributed by atoms with Crippen molar-refractivity contribution in [2.75, 3.05) is 12.4 Å². The number of tetrazole rings is 1. The molecule has 0 aliphatic rings. The minimum Gasteiger partial charge on any atom is -0.464 e. The van der Waals surface area contributed by atoms with Gasteiger partial charge in [-0.25, -0.2) is 9.48 Å². The Morgan fingerprint density at radius 2 is 2.04 bits per heavy atom. The zero-order valence-corrected chi connectivity index (χ0v) is 13.7. The Kier molecular flexibility index (Phi) is 4.55. The highest BCUT2D eigenvalue weighted by molar-refractivity contribution is 6.00. The molecule has 9 heteroatoms. The Morgan fingerprint density at radius 1 is 1.28 bits per heavy atom. The number of benzene rings is 1. The van der Waals surface area contributed by atoms with Gasteiger partial charge in [0.2, 0.25) is 5.91 Å². The summed E-state index contributed by atoms with van der Waals surface area (Å²) >= 11 is 0. The molecule has 9 nitrogen and oxygen atoms in total. The molecule has 1 aromatic carbocycles. The number of hydrogen-bond donors (Lipinski definition) is 2. The number of hydrogen-bond acceptors (Lipinski definition) is 6. The minimum absolute atomic E-state index is 0.167. The van der Waals surface area contributed by atoms with E-state index >= 15 is 0 Å². The summed E-state index contributed by atoms with van der Waals surface area (Å²) in [5.74, 6) is -0.770. The van der Waals surface area contributed by atoms with Gasteiger partial charge in [-0.1, -0.05) is 12.1 Å². The van der Waals surface area contributed by atoms with Crippen molar-refractivity contribution in [2.45, 2.75) is 13.3 Å². The van der Waals surface area contributed by atoms with Crippen molar-refractivity contribution in [1.29, 1.82) is 0 Å². The van der Waals surface area contributed by atoms with E-state index in [-0.39, 0.29) is 18.0 Å². The maximum absolute atomic E-state index is 12.3. The number of amides is 1. The Labute approximate surface area is 143 Å². The number of esters is 1. The molecule has 0 bridgehead atoms. The number of carbonyl (C=O) groups is 2. The molecule has 2 heterocycles. The zero-order chi connectivity index (χ0) is 17.8. The number of ether oxygens (including phenoxy) is 1. The fourth-order valence-electron chi connectivity index (χ4n) is 2.38. The fourth-order valence-corrected chi connectivity index (χ4v) is 2.38. The van der Waals surface area contributed by atoms with Gasteiger partial charge in [0.25, 0.3) is 0 Å². The molecule has 0 atom stereocenters. The van der Waals surface area contributed by atoms with Crippen LogP contribution in [0.15, 0.2) is 36.7 Å². The number of H-pyrrole nitrogens is 1. The van der Waals surface area contributed by atoms with E-state index in [9.17, 15) is 9.59 Å². The molecule has 0 saturated heterocycles. The minimum atomic E-state index is -0.533. The first-order valence-corrected chi connectivity index (χ1v) is 7.47. The number of anilines is 1. The number of aromatic amines is 1. The van der Waals surface area contributed by atoms with Gasteiger partial charge >= 0.3 is 5.97 Å². The van der Waals surface area contributed by atoms with Crippen LogP contribution < -0.4 is 5.32 Å². The lowest BCUT2D eigenvalue weighted by atomic mass is 10.1. The fraction of sp³-hybridized carbons (Fsp3) is 0.188. The van der Waals surface area contributed by atoms with Crippen molar-refractivity contribution >= 4 is 17.6 Å². The lowest BCUT2D eigenvalue weighted by molar-refractivity contribution is -0.115. The van der Waals surface area contributed by atoms with E-state index in [0.717, 1.165) is 16.9 Å². The summed E-state index contributed by atoms with van der Waals surface area (Å²) in [5, 5.41) is 13.7. The van der Waals surface area contributed by atoms with Crippen LogP contribution in [-0.2, 0) is 16.0 Å². The van der Waals surface area contributed by atoms with E-state index < -0.39 is 5.97 Å². The third kappa shape index (κ3) is 3.71. The van der Waals surface area contributed by atoms with Crippen LogP contribution in [0.1, 0.15) is 21.7 Å². The average molecular weight is 340 g/mol. The van der Waals surface area contributed by atoms with Crippen LogP contribution in [0.3, 0.4) is 0 Å². The molecule has 2 N–H and O–H groups in total. The molecule has 3 aromatic rings. The van der Waals surface area contributed by atoms with E-state index in [4.69, 9.17) is 4.74 Å². The van der Waals surface area contributed by atoms with Crippen molar-refractivity contribution in [3.8, 4) is 5.69 Å². The second-order valence-corrected chi connectivity index (χ2v) is 5.38. The van der Waals surface area contributed by atoms with Crippen LogP contribution in [0.5, 0.6) is 0 Å². The van der Waals surface area contributed by atoms with E-state index in [1.54, 1.807) is 13.0 Å². The predicted octanol–water partition coefficient (Wildman–Crippen LogP) is 1.27. The van der Waals surface area contributed by atoms with Crippen LogP contribution in [0.2, 0.25) is 0 Å². The van der Waals surface area contributed by atoms with Gasteiger partial charge in [0.05, 0.1) is 24.9 Å². The number of nitrogens with zero attached hydrogens (tertiary/aromatic N) is 4. The smallest absolute Gasteiger partial charge is 0.356 e. The molecule has 0 saturated carbocycles. The van der Waals surface area contributed by atoms with Crippen LogP contribution in [0.4, 0.5) is 5.69 Å². The van der Waals surface area contributed by atoms with Gasteiger partial charge in [-0.15, -0.1) is 5.10 Å². The third-order valence-corrected chi connectivity index (χ3v) is 3.53. The van der Waals surface area contributed by atoms with Gasteiger partial charge in [-0.05, 0) is 41.1 Å². The lowest BCUT2D eigenvalue weighted by Gasteiger charge is -2.06. The van der Waals surface area contributed by atoms with Gasteiger partial charge in [-0.2, -0.15) is 0 Å². The van der Waals surface area contributed by atoms with Gasteiger partial charge in [-0.3, -0.25) is 4.79 Å². The van der Waals surface area contributed by atoms with Gasteiger partial charge in [0.1, 0.15) is 12.0 Å². The monoisotopic (exact) mass is 340 g/mol. The molecule has 0 radical (unpaired) electrons. The number of carbonyl (C=O) groups excluding carboxylic acids is 2. The standard InChI is InChI=1S/C16H16N6O3/c1-10-7-13(15(18-10)16(24)25-2)19-14(23)8-11-3-5-12(6-4-11)22-9-17-20-21-22/h3-7,9,18H,8H2,1-2H3,(H,19,23). The van der Waals surface area contributed by atoms with Crippen molar-refractivity contribution < 1.29 is 14.3 Å². The molecule has 0 aliphatic carbocycles. The molecular weight excluding hydrogens is 324 g/mol. The summed E-state index contributed by atoms with van der Waals surface area (Å²) in [7, 11) is 1.29. The molecule has 1 amide bonds. The number of rotatable bonds is 5. The molecule has 3 rings (SSSR count). The Balaban J connectivity index is 1.68. The summed E-state index contributed by atoms with van der Waals surface area (Å²) in [6.07, 6.45) is 1.66. The van der Waals surface area contributed by atoms with Crippen molar-refractivity contribution in [2.24, 2.45) is 0 Å². The predicted molar refractivity (Wildman–Crippen MR) is 88.4 cm³/mol. The largest absolute Gasteiger partial charge is 0.464 e. The molecule has 2 aromatic heterocycles. The molecule has 0 aliphatic heterocycles. The van der Waals surface area contributed by atoms with Crippen LogP contribution >= 0.6 is 0 Å². The maximum atomic E-state index is 12.3. The average Bonchev–Trinajstić information content (AvgIpc) is 3.25. The molecule has 0 fully saturated rings. The number of nitrogens with one attached hydrogen (secondary N) is 2. The highest BCUT2D eigenvalue weighted by Crippen LogP contribution is 2.18. The van der Waals surface area contributed by atoms with Gasteiger partial charge in [0.15, 0.2) is 0 Å². The molecule has 25 heavy (non-hydrogen) atoms. The second-order valence-electron chi connectivity index (χ2n) is 5.38. The Morgan fingerprint density at radius 3 is 2.68 bits per heavy atom. The topological polar surface area (TPSA) is 115 Å². The van der Waals surface area contributed by atoms with E-state index in [2.05, 4.69) is 25.8 Å². The summed E-state index contributed by atoms with van der Waals surface area (Å²) in [6, 6.07) is 8.96. The number of aryl methyl sites for hydroxylation is 1. The highest BCUT2D eigenvalue weighted by Gasteiger charge is 2.17.